The van der Waals surface area contributed by atoms with Crippen LogP contribution in [0.15, 0.2) is 78.5 Å². The van der Waals surface area contributed by atoms with Crippen LogP contribution in [0.4, 0.5) is 0 Å². The van der Waals surface area contributed by atoms with E-state index in [-0.39, 0.29) is 26.5 Å². The smallest absolute Gasteiger partial charge is 0.509 e. The number of rotatable bonds is 9. The van der Waals surface area contributed by atoms with Crippen molar-refractivity contribution in [1.82, 2.24) is 19.3 Å². The number of hydrogen-bond acceptors (Lipinski definition) is 3. The predicted molar refractivity (Wildman–Crippen MR) is 220 cm³/mol. The second-order valence-corrected chi connectivity index (χ2v) is 17.4. The standard InChI is InChI=1S/C48H56N4O.Pt/c1-29(2)16-19-43-47(46-32(6)22-31(5)23-33(46)7)34(8)50-52(43)37-24-35(30(3)4)25-39(27-37)53-38-17-18-41-40-14-12-13-15-42(40)51(44(41)28-38)45-26-36(20-21-49-45)48(9,10)11;/h12-15,17-18,20-22,24-26,29-31,33,46H,16,19,23H2,1-11H3;/q-2;+2/t31-,33-,46?;/m0./s1. The fourth-order valence-corrected chi connectivity index (χ4v) is 8.51. The first-order chi connectivity index (χ1) is 25.2. The van der Waals surface area contributed by atoms with Crippen LogP contribution in [0.25, 0.3) is 33.3 Å². The van der Waals surface area contributed by atoms with Crippen LogP contribution in [0.3, 0.4) is 0 Å². The van der Waals surface area contributed by atoms with E-state index >= 15 is 0 Å². The number of nitrogens with zero attached hydrogens (tertiary/aromatic N) is 4. The van der Waals surface area contributed by atoms with Crippen LogP contribution in [-0.2, 0) is 32.9 Å². The van der Waals surface area contributed by atoms with E-state index in [0.29, 0.717) is 41.1 Å². The molecule has 3 aromatic carbocycles. The molecule has 0 spiro atoms. The number of hydrogen-bond donors (Lipinski definition) is 0. The molecule has 5 nitrogen and oxygen atoms in total. The Morgan fingerprint density at radius 3 is 2.37 bits per heavy atom. The molecule has 0 saturated carbocycles. The normalized spacial score (nSPS) is 17.7. The third kappa shape index (κ3) is 7.76. The van der Waals surface area contributed by atoms with Crippen LogP contribution in [0.5, 0.6) is 11.5 Å². The van der Waals surface area contributed by atoms with E-state index in [9.17, 15) is 0 Å². The molecule has 0 saturated heterocycles. The number of aromatic nitrogens is 4. The first-order valence-corrected chi connectivity index (χ1v) is 19.6. The van der Waals surface area contributed by atoms with E-state index < -0.39 is 0 Å². The van der Waals surface area contributed by atoms with Gasteiger partial charge < -0.3 is 9.30 Å². The molecule has 54 heavy (non-hydrogen) atoms. The van der Waals surface area contributed by atoms with Gasteiger partial charge in [-0.2, -0.15) is 11.2 Å². The molecule has 1 unspecified atom stereocenters. The zero-order valence-electron chi connectivity index (χ0n) is 33.9. The Hall–Kier alpha value is -3.95. The summed E-state index contributed by atoms with van der Waals surface area (Å²) in [7, 11) is 0. The number of allylic oxidation sites excluding steroid dienone is 2. The largest absolute Gasteiger partial charge is 2.00 e. The van der Waals surface area contributed by atoms with Crippen LogP contribution in [0.2, 0.25) is 0 Å². The van der Waals surface area contributed by atoms with Crippen molar-refractivity contribution in [1.29, 1.82) is 0 Å². The molecule has 1 aliphatic carbocycles. The van der Waals surface area contributed by atoms with E-state index in [1.165, 1.54) is 34.4 Å². The van der Waals surface area contributed by atoms with Gasteiger partial charge in [0.15, 0.2) is 0 Å². The van der Waals surface area contributed by atoms with E-state index in [1.54, 1.807) is 0 Å². The van der Waals surface area contributed by atoms with Gasteiger partial charge in [0.2, 0.25) is 0 Å². The van der Waals surface area contributed by atoms with Gasteiger partial charge in [-0.25, -0.2) is 4.98 Å². The molecule has 6 heteroatoms. The number of aryl methyl sites for hydroxylation is 1. The van der Waals surface area contributed by atoms with Gasteiger partial charge in [-0.3, -0.25) is 4.68 Å². The first kappa shape index (κ1) is 39.7. The van der Waals surface area contributed by atoms with Crippen molar-refractivity contribution >= 4 is 21.8 Å². The molecule has 0 amide bonds. The minimum absolute atomic E-state index is 0. The van der Waals surface area contributed by atoms with Gasteiger partial charge in [0.25, 0.3) is 0 Å². The Balaban J connectivity index is 0.00000497. The van der Waals surface area contributed by atoms with E-state index in [4.69, 9.17) is 14.8 Å². The molecule has 0 bridgehead atoms. The van der Waals surface area contributed by atoms with Crippen molar-refractivity contribution in [2.24, 2.45) is 17.8 Å². The van der Waals surface area contributed by atoms with Crippen molar-refractivity contribution in [3.05, 3.63) is 119 Å². The summed E-state index contributed by atoms with van der Waals surface area (Å²) in [6, 6.07) is 28.7. The van der Waals surface area contributed by atoms with E-state index in [1.807, 2.05) is 12.3 Å². The van der Waals surface area contributed by atoms with Crippen molar-refractivity contribution < 1.29 is 25.8 Å². The van der Waals surface area contributed by atoms with Crippen molar-refractivity contribution in [3.8, 4) is 23.0 Å². The Kier molecular flexibility index (Phi) is 11.5. The van der Waals surface area contributed by atoms with Crippen LogP contribution >= 0.6 is 0 Å². The Morgan fingerprint density at radius 2 is 1.67 bits per heavy atom. The second-order valence-electron chi connectivity index (χ2n) is 17.4. The number of fused-ring (bicyclic) bond motifs is 3. The molecule has 6 aromatic rings. The quantitative estimate of drug-likeness (QED) is 0.107. The summed E-state index contributed by atoms with van der Waals surface area (Å²) < 4.78 is 11.1. The van der Waals surface area contributed by atoms with E-state index in [2.05, 4.69) is 158 Å². The van der Waals surface area contributed by atoms with Crippen LogP contribution in [0.1, 0.15) is 122 Å². The number of pyridine rings is 1. The van der Waals surface area contributed by atoms with Crippen molar-refractivity contribution in [3.63, 3.8) is 0 Å². The molecule has 284 valence electrons. The van der Waals surface area contributed by atoms with Gasteiger partial charge in [-0.1, -0.05) is 97.7 Å². The first-order valence-electron chi connectivity index (χ1n) is 19.6. The average molecular weight is 900 g/mol. The average Bonchev–Trinajstić information content (AvgIpc) is 3.60. The SMILES string of the molecule is CC1=C[C@H](C)C[C@H](C)C1c1c(C)nn(-c2[c-]c(Oc3[c-]c4c(cc3)c3ccccc3n4-c3cc(C(C)(C)C)ccn3)cc(C(C)C)c2)c1CCC(C)C.[Pt+2]. The molecule has 1 aliphatic rings. The van der Waals surface area contributed by atoms with E-state index in [0.717, 1.165) is 51.8 Å². The maximum atomic E-state index is 6.75. The Labute approximate surface area is 337 Å². The summed E-state index contributed by atoms with van der Waals surface area (Å²) in [6.45, 7) is 25.1. The molecule has 0 N–H and O–H groups in total. The fourth-order valence-electron chi connectivity index (χ4n) is 8.51. The van der Waals surface area contributed by atoms with Crippen molar-refractivity contribution in [2.75, 3.05) is 0 Å². The van der Waals surface area contributed by atoms with Gasteiger partial charge in [-0.15, -0.1) is 41.3 Å². The molecular formula is C48H56N4OPt. The van der Waals surface area contributed by atoms with Crippen LogP contribution in [-0.4, -0.2) is 19.3 Å². The maximum Gasteiger partial charge on any atom is 2.00 e. The summed E-state index contributed by atoms with van der Waals surface area (Å²) in [4.78, 5) is 4.86. The number of para-hydroxylation sites is 1. The number of ether oxygens (including phenoxy) is 1. The van der Waals surface area contributed by atoms with Gasteiger partial charge in [-0.05, 0) is 97.0 Å². The van der Waals surface area contributed by atoms with Gasteiger partial charge >= 0.3 is 21.1 Å². The summed E-state index contributed by atoms with van der Waals surface area (Å²) in [5.74, 6) is 4.59. The molecule has 0 fully saturated rings. The third-order valence-corrected chi connectivity index (χ3v) is 11.2. The predicted octanol–water partition coefficient (Wildman–Crippen LogP) is 12.8. The molecule has 7 rings (SSSR count). The molecule has 0 aliphatic heterocycles. The van der Waals surface area contributed by atoms with Crippen LogP contribution < -0.4 is 4.74 Å². The molecule has 3 atom stereocenters. The van der Waals surface area contributed by atoms with Crippen LogP contribution in [0, 0.1) is 36.8 Å². The summed E-state index contributed by atoms with van der Waals surface area (Å²) >= 11 is 0. The summed E-state index contributed by atoms with van der Waals surface area (Å²) in [6.07, 6.45) is 7.66. The van der Waals surface area contributed by atoms with Gasteiger partial charge in [0.05, 0.1) is 5.69 Å². The fraction of sp³-hybridized carbons (Fsp3) is 0.417. The Morgan fingerprint density at radius 1 is 0.907 bits per heavy atom. The molecule has 0 radical (unpaired) electrons. The minimum atomic E-state index is -0.00526. The number of benzene rings is 3. The minimum Gasteiger partial charge on any atom is -0.509 e. The molecule has 3 heterocycles. The summed E-state index contributed by atoms with van der Waals surface area (Å²) in [5, 5.41) is 7.56. The van der Waals surface area contributed by atoms with Crippen molar-refractivity contribution in [2.45, 2.75) is 113 Å². The van der Waals surface area contributed by atoms with Gasteiger partial charge in [0, 0.05) is 40.4 Å². The molecule has 3 aromatic heterocycles. The molecular weight excluding hydrogens is 844 g/mol. The monoisotopic (exact) mass is 899 g/mol. The summed E-state index contributed by atoms with van der Waals surface area (Å²) in [5.41, 5.74) is 10.7. The zero-order valence-corrected chi connectivity index (χ0v) is 36.2. The second kappa shape index (κ2) is 15.7. The maximum absolute atomic E-state index is 6.75. The topological polar surface area (TPSA) is 44.9 Å². The Bertz CT molecular complexity index is 2320. The third-order valence-electron chi connectivity index (χ3n) is 11.2. The zero-order chi connectivity index (χ0) is 37.8. The van der Waals surface area contributed by atoms with Gasteiger partial charge in [0.1, 0.15) is 5.82 Å².